The molecule has 3 N–H and O–H groups in total. The third-order valence-electron chi connectivity index (χ3n) is 3.63. The van der Waals surface area contributed by atoms with Crippen LogP contribution in [0.25, 0.3) is 0 Å². The number of aromatic amines is 1. The van der Waals surface area contributed by atoms with E-state index in [1.54, 1.807) is 11.1 Å². The summed E-state index contributed by atoms with van der Waals surface area (Å²) in [6, 6.07) is -0.824. The number of amides is 2. The molecule has 21 heavy (non-hydrogen) atoms. The van der Waals surface area contributed by atoms with Gasteiger partial charge < -0.3 is 20.3 Å². The summed E-state index contributed by atoms with van der Waals surface area (Å²) < 4.78 is 0.922. The van der Waals surface area contributed by atoms with Crippen LogP contribution in [0.3, 0.4) is 0 Å². The maximum absolute atomic E-state index is 12.7. The lowest BCUT2D eigenvalue weighted by atomic mass is 10.0. The van der Waals surface area contributed by atoms with Crippen molar-refractivity contribution in [3.05, 3.63) is 15.7 Å². The SMILES string of the molecule is CC(C)C(NC(=O)O)C(=O)N1CCC[C@H]1c1ncc(I)[nH]1. The number of carbonyl (C=O) groups excluding carboxylic acids is 1. The number of aromatic nitrogens is 2. The Kier molecular flexibility index (Phi) is 5.07. The topological polar surface area (TPSA) is 98.3 Å². The van der Waals surface area contributed by atoms with Gasteiger partial charge in [-0.05, 0) is 41.4 Å². The highest BCUT2D eigenvalue weighted by Gasteiger charge is 2.37. The molecule has 116 valence electrons. The summed E-state index contributed by atoms with van der Waals surface area (Å²) >= 11 is 2.14. The summed E-state index contributed by atoms with van der Waals surface area (Å²) in [6.45, 7) is 4.30. The molecule has 2 amide bonds. The molecule has 1 aromatic heterocycles. The van der Waals surface area contributed by atoms with E-state index in [0.29, 0.717) is 6.54 Å². The van der Waals surface area contributed by atoms with E-state index in [2.05, 4.69) is 37.9 Å². The molecule has 1 fully saturated rings. The van der Waals surface area contributed by atoms with E-state index in [-0.39, 0.29) is 17.9 Å². The Hall–Kier alpha value is -1.32. The van der Waals surface area contributed by atoms with Gasteiger partial charge in [0.25, 0.3) is 0 Å². The molecule has 0 aliphatic carbocycles. The minimum atomic E-state index is -1.18. The number of carboxylic acid groups (broad SMARTS) is 1. The zero-order valence-electron chi connectivity index (χ0n) is 12.0. The van der Waals surface area contributed by atoms with Gasteiger partial charge in [-0.2, -0.15) is 0 Å². The zero-order chi connectivity index (χ0) is 15.6. The van der Waals surface area contributed by atoms with Gasteiger partial charge in [0.15, 0.2) is 0 Å². The molecular formula is C13H19IN4O3. The molecule has 1 saturated heterocycles. The Bertz CT molecular complexity index is 531. The fourth-order valence-electron chi connectivity index (χ4n) is 2.62. The lowest BCUT2D eigenvalue weighted by molar-refractivity contribution is -0.135. The van der Waals surface area contributed by atoms with E-state index < -0.39 is 12.1 Å². The Morgan fingerprint density at radius 1 is 1.57 bits per heavy atom. The van der Waals surface area contributed by atoms with Crippen LogP contribution in [0.4, 0.5) is 4.79 Å². The van der Waals surface area contributed by atoms with Gasteiger partial charge in [0.1, 0.15) is 11.9 Å². The van der Waals surface area contributed by atoms with Gasteiger partial charge in [-0.25, -0.2) is 9.78 Å². The minimum absolute atomic E-state index is 0.0992. The summed E-state index contributed by atoms with van der Waals surface area (Å²) in [5.74, 6) is 0.482. The van der Waals surface area contributed by atoms with Crippen molar-refractivity contribution < 1.29 is 14.7 Å². The second kappa shape index (κ2) is 6.63. The van der Waals surface area contributed by atoms with Crippen molar-refractivity contribution in [2.24, 2.45) is 5.92 Å². The average Bonchev–Trinajstić information content (AvgIpc) is 3.02. The molecule has 0 bridgehead atoms. The maximum atomic E-state index is 12.7. The minimum Gasteiger partial charge on any atom is -0.465 e. The Balaban J connectivity index is 2.17. The quantitative estimate of drug-likeness (QED) is 0.666. The highest BCUT2D eigenvalue weighted by atomic mass is 127. The molecule has 0 radical (unpaired) electrons. The molecule has 8 heteroatoms. The summed E-state index contributed by atoms with van der Waals surface area (Å²) in [4.78, 5) is 32.7. The summed E-state index contributed by atoms with van der Waals surface area (Å²) in [7, 11) is 0. The second-order valence-corrected chi connectivity index (χ2v) is 6.64. The first kappa shape index (κ1) is 16.1. The highest BCUT2D eigenvalue weighted by molar-refractivity contribution is 14.1. The Morgan fingerprint density at radius 2 is 2.29 bits per heavy atom. The van der Waals surface area contributed by atoms with E-state index in [1.807, 2.05) is 13.8 Å². The van der Waals surface area contributed by atoms with Gasteiger partial charge in [0.05, 0.1) is 15.9 Å². The molecule has 1 aliphatic rings. The third-order valence-corrected chi connectivity index (χ3v) is 4.18. The number of carbonyl (C=O) groups is 2. The van der Waals surface area contributed by atoms with Crippen molar-refractivity contribution in [3.63, 3.8) is 0 Å². The van der Waals surface area contributed by atoms with Crippen molar-refractivity contribution in [2.75, 3.05) is 6.54 Å². The van der Waals surface area contributed by atoms with Gasteiger partial charge >= 0.3 is 6.09 Å². The fourth-order valence-corrected chi connectivity index (χ4v) is 3.04. The van der Waals surface area contributed by atoms with E-state index >= 15 is 0 Å². The molecule has 1 aliphatic heterocycles. The van der Waals surface area contributed by atoms with Crippen molar-refractivity contribution in [2.45, 2.75) is 38.8 Å². The largest absolute Gasteiger partial charge is 0.465 e. The monoisotopic (exact) mass is 406 g/mol. The summed E-state index contributed by atoms with van der Waals surface area (Å²) in [6.07, 6.45) is 2.29. The number of rotatable bonds is 4. The lowest BCUT2D eigenvalue weighted by Crippen LogP contribution is -2.50. The molecule has 7 nitrogen and oxygen atoms in total. The molecule has 0 saturated carbocycles. The van der Waals surface area contributed by atoms with Crippen LogP contribution in [-0.2, 0) is 4.79 Å². The van der Waals surface area contributed by atoms with Crippen LogP contribution in [-0.4, -0.2) is 44.6 Å². The van der Waals surface area contributed by atoms with E-state index in [1.165, 1.54) is 0 Å². The molecule has 0 spiro atoms. The number of H-pyrrole nitrogens is 1. The van der Waals surface area contributed by atoms with Crippen LogP contribution in [0, 0.1) is 9.62 Å². The number of hydrogen-bond donors (Lipinski definition) is 3. The van der Waals surface area contributed by atoms with Gasteiger partial charge in [-0.1, -0.05) is 13.8 Å². The first-order valence-corrected chi connectivity index (χ1v) is 7.98. The molecule has 1 unspecified atom stereocenters. The molecule has 1 aromatic rings. The van der Waals surface area contributed by atoms with Crippen molar-refractivity contribution in [1.82, 2.24) is 20.2 Å². The normalized spacial score (nSPS) is 19.8. The molecule has 0 aromatic carbocycles. The average molecular weight is 406 g/mol. The summed E-state index contributed by atoms with van der Waals surface area (Å²) in [5.41, 5.74) is 0. The van der Waals surface area contributed by atoms with Crippen molar-refractivity contribution >= 4 is 34.6 Å². The van der Waals surface area contributed by atoms with Gasteiger partial charge in [-0.15, -0.1) is 0 Å². The summed E-state index contributed by atoms with van der Waals surface area (Å²) in [5, 5.41) is 11.2. The second-order valence-electron chi connectivity index (χ2n) is 5.48. The Labute approximate surface area is 136 Å². The van der Waals surface area contributed by atoms with Crippen LogP contribution in [0.15, 0.2) is 6.20 Å². The predicted molar refractivity (Wildman–Crippen MR) is 84.8 cm³/mol. The van der Waals surface area contributed by atoms with Crippen LogP contribution in [0.2, 0.25) is 0 Å². The predicted octanol–water partition coefficient (Wildman–Crippen LogP) is 1.97. The number of halogens is 1. The first-order chi connectivity index (χ1) is 9.90. The Morgan fingerprint density at radius 3 is 2.81 bits per heavy atom. The van der Waals surface area contributed by atoms with Gasteiger partial charge in [0, 0.05) is 6.54 Å². The molecular weight excluding hydrogens is 387 g/mol. The number of hydrogen-bond acceptors (Lipinski definition) is 3. The van der Waals surface area contributed by atoms with E-state index in [9.17, 15) is 9.59 Å². The van der Waals surface area contributed by atoms with E-state index in [4.69, 9.17) is 5.11 Å². The number of likely N-dealkylation sites (tertiary alicyclic amines) is 1. The molecule has 2 rings (SSSR count). The van der Waals surface area contributed by atoms with Crippen LogP contribution >= 0.6 is 22.6 Å². The standard InChI is InChI=1S/C13H19IN4O3/c1-7(2)10(17-13(20)21)12(19)18-5-3-4-8(18)11-15-6-9(14)16-11/h6-8,10,17H,3-5H2,1-2H3,(H,15,16)(H,20,21)/t8-,10?/m0/s1. The van der Waals surface area contributed by atoms with Gasteiger partial charge in [-0.3, -0.25) is 4.79 Å². The van der Waals surface area contributed by atoms with Crippen molar-refractivity contribution in [1.29, 1.82) is 0 Å². The van der Waals surface area contributed by atoms with Crippen LogP contribution in [0.5, 0.6) is 0 Å². The molecule has 2 atom stereocenters. The fraction of sp³-hybridized carbons (Fsp3) is 0.615. The number of imidazole rings is 1. The highest BCUT2D eigenvalue weighted by Crippen LogP contribution is 2.31. The third kappa shape index (κ3) is 3.66. The van der Waals surface area contributed by atoms with Crippen molar-refractivity contribution in [3.8, 4) is 0 Å². The maximum Gasteiger partial charge on any atom is 0.405 e. The zero-order valence-corrected chi connectivity index (χ0v) is 14.1. The smallest absolute Gasteiger partial charge is 0.405 e. The van der Waals surface area contributed by atoms with Crippen LogP contribution in [0.1, 0.15) is 38.6 Å². The van der Waals surface area contributed by atoms with Crippen LogP contribution < -0.4 is 5.32 Å². The number of nitrogens with one attached hydrogen (secondary N) is 2. The molecule has 2 heterocycles. The van der Waals surface area contributed by atoms with Gasteiger partial charge in [0.2, 0.25) is 5.91 Å². The lowest BCUT2D eigenvalue weighted by Gasteiger charge is -2.29. The number of nitrogens with zero attached hydrogens (tertiary/aromatic N) is 2. The first-order valence-electron chi connectivity index (χ1n) is 6.90. The van der Waals surface area contributed by atoms with E-state index in [0.717, 1.165) is 22.4 Å².